The highest BCUT2D eigenvalue weighted by Crippen LogP contribution is 2.05. The van der Waals surface area contributed by atoms with Crippen LogP contribution in [0.3, 0.4) is 0 Å². The molecule has 1 rings (SSSR count). The van der Waals surface area contributed by atoms with Crippen LogP contribution < -0.4 is 5.32 Å². The van der Waals surface area contributed by atoms with Gasteiger partial charge in [0.15, 0.2) is 0 Å². The third kappa shape index (κ3) is 4.87. The molecule has 0 radical (unpaired) electrons. The van der Waals surface area contributed by atoms with Crippen molar-refractivity contribution in [1.82, 2.24) is 5.32 Å². The van der Waals surface area contributed by atoms with Crippen molar-refractivity contribution in [3.05, 3.63) is 35.9 Å². The quantitative estimate of drug-likeness (QED) is 0.642. The first-order valence-electron chi connectivity index (χ1n) is 5.64. The van der Waals surface area contributed by atoms with Gasteiger partial charge >= 0.3 is 5.97 Å². The molecule has 1 atom stereocenters. The molecule has 0 saturated carbocycles. The molecule has 5 heteroatoms. The fraction of sp³-hybridized carbons (Fsp3) is 0.385. The van der Waals surface area contributed by atoms with E-state index in [1.807, 2.05) is 30.3 Å². The van der Waals surface area contributed by atoms with Crippen molar-refractivity contribution in [2.75, 3.05) is 12.4 Å². The number of alkyl halides is 1. The van der Waals surface area contributed by atoms with Gasteiger partial charge in [0.25, 0.3) is 0 Å². The Morgan fingerprint density at radius 1 is 1.33 bits per heavy atom. The topological polar surface area (TPSA) is 55.4 Å². The summed E-state index contributed by atoms with van der Waals surface area (Å²) in [6.45, 7) is 0. The third-order valence-corrected chi connectivity index (χ3v) is 2.82. The third-order valence-electron chi connectivity index (χ3n) is 2.43. The summed E-state index contributed by atoms with van der Waals surface area (Å²) in [7, 11) is 1.32. The number of benzene rings is 1. The normalized spacial score (nSPS) is 11.7. The van der Waals surface area contributed by atoms with Crippen LogP contribution in [-0.4, -0.2) is 30.4 Å². The molecular weight excluding hydrogens is 298 g/mol. The van der Waals surface area contributed by atoms with Crippen molar-refractivity contribution in [3.8, 4) is 0 Å². The molecule has 1 amide bonds. The molecule has 0 heterocycles. The first kappa shape index (κ1) is 14.7. The van der Waals surface area contributed by atoms with Crippen LogP contribution in [0.2, 0.25) is 0 Å². The Hall–Kier alpha value is -1.36. The molecular formula is C13H16BrNO3. The van der Waals surface area contributed by atoms with Crippen LogP contribution >= 0.6 is 15.9 Å². The fourth-order valence-corrected chi connectivity index (χ4v) is 1.90. The van der Waals surface area contributed by atoms with Gasteiger partial charge in [0.2, 0.25) is 5.91 Å². The van der Waals surface area contributed by atoms with Crippen LogP contribution in [0.15, 0.2) is 30.3 Å². The molecule has 1 aromatic carbocycles. The summed E-state index contributed by atoms with van der Waals surface area (Å²) < 4.78 is 4.70. The summed E-state index contributed by atoms with van der Waals surface area (Å²) in [6.07, 6.45) is 0.768. The van der Waals surface area contributed by atoms with Crippen LogP contribution in [0.4, 0.5) is 0 Å². The van der Waals surface area contributed by atoms with Gasteiger partial charge in [-0.05, 0) is 5.56 Å². The summed E-state index contributed by atoms with van der Waals surface area (Å²) in [4.78, 5) is 23.1. The average molecular weight is 314 g/mol. The van der Waals surface area contributed by atoms with E-state index in [0.29, 0.717) is 18.2 Å². The van der Waals surface area contributed by atoms with Gasteiger partial charge < -0.3 is 10.1 Å². The highest BCUT2D eigenvalue weighted by Gasteiger charge is 2.21. The molecule has 0 aliphatic rings. The van der Waals surface area contributed by atoms with E-state index in [0.717, 1.165) is 5.56 Å². The minimum atomic E-state index is -0.635. The Morgan fingerprint density at radius 2 is 2.00 bits per heavy atom. The van der Waals surface area contributed by atoms with Crippen molar-refractivity contribution < 1.29 is 14.3 Å². The minimum Gasteiger partial charge on any atom is -0.467 e. The van der Waals surface area contributed by atoms with Gasteiger partial charge in [0, 0.05) is 18.2 Å². The van der Waals surface area contributed by atoms with Gasteiger partial charge in [-0.15, -0.1) is 0 Å². The predicted octanol–water partition coefficient (Wildman–Crippen LogP) is 1.67. The first-order valence-corrected chi connectivity index (χ1v) is 6.76. The molecule has 98 valence electrons. The number of nitrogens with one attached hydrogen (secondary N) is 1. The lowest BCUT2D eigenvalue weighted by molar-refractivity contribution is -0.145. The second kappa shape index (κ2) is 7.87. The zero-order valence-electron chi connectivity index (χ0n) is 10.2. The van der Waals surface area contributed by atoms with E-state index in [1.54, 1.807) is 0 Å². The van der Waals surface area contributed by atoms with Crippen molar-refractivity contribution in [2.24, 2.45) is 0 Å². The predicted molar refractivity (Wildman–Crippen MR) is 72.5 cm³/mol. The van der Waals surface area contributed by atoms with Crippen molar-refractivity contribution in [3.63, 3.8) is 0 Å². The number of amides is 1. The standard InChI is InChI=1S/C13H16BrNO3/c1-18-13(17)11(15-12(16)7-8-14)9-10-5-3-2-4-6-10/h2-6,11H,7-9H2,1H3,(H,15,16)/t11-/m0/s1. The second-order valence-corrected chi connectivity index (χ2v) is 4.56. The number of esters is 1. The molecule has 0 aliphatic carbocycles. The molecule has 1 N–H and O–H groups in total. The maximum Gasteiger partial charge on any atom is 0.328 e. The lowest BCUT2D eigenvalue weighted by Gasteiger charge is -2.16. The molecule has 18 heavy (non-hydrogen) atoms. The van der Waals surface area contributed by atoms with E-state index in [-0.39, 0.29) is 5.91 Å². The van der Waals surface area contributed by atoms with E-state index in [4.69, 9.17) is 4.74 Å². The van der Waals surface area contributed by atoms with Gasteiger partial charge in [-0.25, -0.2) is 4.79 Å². The minimum absolute atomic E-state index is 0.168. The zero-order valence-corrected chi connectivity index (χ0v) is 11.8. The number of rotatable bonds is 6. The highest BCUT2D eigenvalue weighted by atomic mass is 79.9. The van der Waals surface area contributed by atoms with Crippen molar-refractivity contribution >= 4 is 27.8 Å². The SMILES string of the molecule is COC(=O)[C@H](Cc1ccccc1)NC(=O)CCBr. The maximum absolute atomic E-state index is 11.6. The van der Waals surface area contributed by atoms with Gasteiger partial charge in [-0.2, -0.15) is 0 Å². The van der Waals surface area contributed by atoms with E-state index in [1.165, 1.54) is 7.11 Å². The summed E-state index contributed by atoms with van der Waals surface area (Å²) in [5.74, 6) is -0.597. The number of halogens is 1. The summed E-state index contributed by atoms with van der Waals surface area (Å²) in [6, 6.07) is 8.87. The fourth-order valence-electron chi connectivity index (χ4n) is 1.54. The molecule has 0 fully saturated rings. The van der Waals surface area contributed by atoms with Crippen LogP contribution in [-0.2, 0) is 20.7 Å². The smallest absolute Gasteiger partial charge is 0.328 e. The van der Waals surface area contributed by atoms with Gasteiger partial charge in [-0.3, -0.25) is 4.79 Å². The maximum atomic E-state index is 11.6. The zero-order chi connectivity index (χ0) is 13.4. The number of hydrogen-bond donors (Lipinski definition) is 1. The van der Waals surface area contributed by atoms with Crippen LogP contribution in [0.5, 0.6) is 0 Å². The second-order valence-electron chi connectivity index (χ2n) is 3.77. The molecule has 0 saturated heterocycles. The summed E-state index contributed by atoms with van der Waals surface area (Å²) in [5.41, 5.74) is 0.979. The Kier molecular flexibility index (Phi) is 6.43. The van der Waals surface area contributed by atoms with Crippen molar-refractivity contribution in [2.45, 2.75) is 18.9 Å². The van der Waals surface area contributed by atoms with Crippen molar-refractivity contribution in [1.29, 1.82) is 0 Å². The van der Waals surface area contributed by atoms with Gasteiger partial charge in [-0.1, -0.05) is 46.3 Å². The Labute approximate surface area is 115 Å². The number of carbonyl (C=O) groups excluding carboxylic acids is 2. The van der Waals surface area contributed by atoms with E-state index >= 15 is 0 Å². The van der Waals surface area contributed by atoms with E-state index in [2.05, 4.69) is 21.2 Å². The Morgan fingerprint density at radius 3 is 2.56 bits per heavy atom. The van der Waals surface area contributed by atoms with Crippen LogP contribution in [0.1, 0.15) is 12.0 Å². The lowest BCUT2D eigenvalue weighted by Crippen LogP contribution is -2.43. The molecule has 1 aromatic rings. The van der Waals surface area contributed by atoms with Gasteiger partial charge in [0.1, 0.15) is 6.04 Å². The molecule has 0 aliphatic heterocycles. The van der Waals surface area contributed by atoms with Gasteiger partial charge in [0.05, 0.1) is 7.11 Å². The highest BCUT2D eigenvalue weighted by molar-refractivity contribution is 9.09. The summed E-state index contributed by atoms with van der Waals surface area (Å²) >= 11 is 3.18. The monoisotopic (exact) mass is 313 g/mol. The van der Waals surface area contributed by atoms with E-state index in [9.17, 15) is 9.59 Å². The van der Waals surface area contributed by atoms with Crippen LogP contribution in [0.25, 0.3) is 0 Å². The average Bonchev–Trinajstić information content (AvgIpc) is 2.38. The molecule has 0 bridgehead atoms. The number of methoxy groups -OCH3 is 1. The number of carbonyl (C=O) groups is 2. The molecule has 0 aromatic heterocycles. The largest absolute Gasteiger partial charge is 0.467 e. The Bertz CT molecular complexity index is 394. The molecule has 0 spiro atoms. The molecule has 4 nitrogen and oxygen atoms in total. The van der Waals surface area contributed by atoms with Crippen LogP contribution in [0, 0.1) is 0 Å². The summed E-state index contributed by atoms with van der Waals surface area (Å²) in [5, 5.41) is 3.24. The first-order chi connectivity index (χ1) is 8.67. The number of ether oxygens (including phenoxy) is 1. The Balaban J connectivity index is 2.67. The number of hydrogen-bond acceptors (Lipinski definition) is 3. The van der Waals surface area contributed by atoms with E-state index < -0.39 is 12.0 Å². The lowest BCUT2D eigenvalue weighted by atomic mass is 10.1. The molecule has 0 unspecified atom stereocenters.